The molecule has 1 fully saturated rings. The number of fused-ring (bicyclic) bond motifs is 1. The number of rotatable bonds is 4. The number of aromatic nitrogens is 1. The van der Waals surface area contributed by atoms with E-state index in [1.165, 1.54) is 17.7 Å². The number of benzene rings is 1. The minimum absolute atomic E-state index is 0.558. The van der Waals surface area contributed by atoms with Crippen molar-refractivity contribution in [2.24, 2.45) is 0 Å². The molecule has 1 aromatic carbocycles. The highest BCUT2D eigenvalue weighted by Gasteiger charge is 2.28. The first kappa shape index (κ1) is 12.4. The Morgan fingerprint density at radius 1 is 1.30 bits per heavy atom. The molecule has 3 nitrogen and oxygen atoms in total. The van der Waals surface area contributed by atoms with Crippen molar-refractivity contribution in [3.63, 3.8) is 0 Å². The number of nitrogens with zero attached hydrogens (tertiary/aromatic N) is 1. The number of oxazole rings is 1. The lowest BCUT2D eigenvalue weighted by atomic mass is 10.3. The number of halogens is 1. The average molecular weight is 349 g/mol. The van der Waals surface area contributed by atoms with Crippen LogP contribution >= 0.6 is 27.3 Å². The average Bonchev–Trinajstić information content (AvgIpc) is 3.08. The van der Waals surface area contributed by atoms with Crippen molar-refractivity contribution in [2.75, 3.05) is 5.32 Å². The van der Waals surface area contributed by atoms with Gasteiger partial charge in [0.25, 0.3) is 0 Å². The molecule has 0 unspecified atom stereocenters. The Bertz CT molecular complexity index is 760. The monoisotopic (exact) mass is 348 g/mol. The number of hydrogen-bond donors (Lipinski definition) is 1. The largest absolute Gasteiger partial charge is 0.440 e. The number of thiophene rings is 1. The highest BCUT2D eigenvalue weighted by Crippen LogP contribution is 2.40. The predicted octanol–water partition coefficient (Wildman–Crippen LogP) is 5.14. The van der Waals surface area contributed by atoms with Crippen molar-refractivity contribution >= 4 is 44.1 Å². The predicted molar refractivity (Wildman–Crippen MR) is 85.3 cm³/mol. The first-order valence-electron chi connectivity index (χ1n) is 6.66. The molecule has 4 rings (SSSR count). The fourth-order valence-corrected chi connectivity index (χ4v) is 3.62. The minimum atomic E-state index is 0.558. The van der Waals surface area contributed by atoms with Gasteiger partial charge >= 0.3 is 0 Å². The zero-order valence-corrected chi connectivity index (χ0v) is 13.1. The van der Waals surface area contributed by atoms with E-state index in [2.05, 4.69) is 44.4 Å². The third-order valence-electron chi connectivity index (χ3n) is 3.43. The third kappa shape index (κ3) is 2.47. The maximum absolute atomic E-state index is 5.77. The summed E-state index contributed by atoms with van der Waals surface area (Å²) in [5.74, 6) is 1.46. The van der Waals surface area contributed by atoms with E-state index >= 15 is 0 Å². The van der Waals surface area contributed by atoms with Gasteiger partial charge < -0.3 is 9.73 Å². The second-order valence-corrected chi connectivity index (χ2v) is 7.62. The van der Waals surface area contributed by atoms with Crippen LogP contribution in [0.1, 0.15) is 29.5 Å². The lowest BCUT2D eigenvalue weighted by molar-refractivity contribution is 0.533. The summed E-state index contributed by atoms with van der Waals surface area (Å²) in [7, 11) is 0. The van der Waals surface area contributed by atoms with Gasteiger partial charge in [-0.15, -0.1) is 11.3 Å². The Kier molecular flexibility index (Phi) is 3.04. The highest BCUT2D eigenvalue weighted by molar-refractivity contribution is 9.11. The molecule has 1 N–H and O–H groups in total. The summed E-state index contributed by atoms with van der Waals surface area (Å²) in [5.41, 5.74) is 2.92. The number of anilines is 1. The van der Waals surface area contributed by atoms with E-state index in [0.29, 0.717) is 5.92 Å². The molecule has 2 heterocycles. The van der Waals surface area contributed by atoms with E-state index < -0.39 is 0 Å². The SMILES string of the molecule is Brc1ccc(CNc2ccc3oc(C4CC4)nc3c2)s1. The molecule has 20 heavy (non-hydrogen) atoms. The molecule has 0 bridgehead atoms. The molecule has 1 saturated carbocycles. The molecule has 1 aliphatic carbocycles. The van der Waals surface area contributed by atoms with Crippen LogP contribution in [0.15, 0.2) is 38.5 Å². The Morgan fingerprint density at radius 3 is 2.95 bits per heavy atom. The van der Waals surface area contributed by atoms with Gasteiger partial charge in [-0.05, 0) is 59.1 Å². The molecule has 2 aromatic heterocycles. The lowest BCUT2D eigenvalue weighted by Crippen LogP contribution is -1.96. The van der Waals surface area contributed by atoms with Crippen molar-refractivity contribution in [3.05, 3.63) is 44.9 Å². The fourth-order valence-electron chi connectivity index (χ4n) is 2.20. The smallest absolute Gasteiger partial charge is 0.198 e. The van der Waals surface area contributed by atoms with Gasteiger partial charge in [0.15, 0.2) is 11.5 Å². The quantitative estimate of drug-likeness (QED) is 0.709. The Morgan fingerprint density at radius 2 is 2.20 bits per heavy atom. The zero-order chi connectivity index (χ0) is 13.5. The summed E-state index contributed by atoms with van der Waals surface area (Å²) in [5, 5.41) is 3.43. The van der Waals surface area contributed by atoms with E-state index in [1.54, 1.807) is 11.3 Å². The molecule has 0 spiro atoms. The molecule has 3 aromatic rings. The molecule has 5 heteroatoms. The summed E-state index contributed by atoms with van der Waals surface area (Å²) >= 11 is 5.23. The first-order valence-corrected chi connectivity index (χ1v) is 8.27. The number of hydrogen-bond acceptors (Lipinski definition) is 4. The maximum atomic E-state index is 5.77. The third-order valence-corrected chi connectivity index (χ3v) is 5.05. The van der Waals surface area contributed by atoms with E-state index in [9.17, 15) is 0 Å². The molecule has 1 aliphatic rings. The zero-order valence-electron chi connectivity index (χ0n) is 10.7. The van der Waals surface area contributed by atoms with Gasteiger partial charge in [0, 0.05) is 23.0 Å². The van der Waals surface area contributed by atoms with Gasteiger partial charge in [-0.3, -0.25) is 0 Å². The van der Waals surface area contributed by atoms with Crippen LogP contribution < -0.4 is 5.32 Å². The van der Waals surface area contributed by atoms with Crippen LogP contribution in [0.2, 0.25) is 0 Å². The van der Waals surface area contributed by atoms with Crippen molar-refractivity contribution in [2.45, 2.75) is 25.3 Å². The van der Waals surface area contributed by atoms with Crippen LogP contribution in [0.3, 0.4) is 0 Å². The summed E-state index contributed by atoms with van der Waals surface area (Å²) in [6.07, 6.45) is 2.43. The highest BCUT2D eigenvalue weighted by atomic mass is 79.9. The van der Waals surface area contributed by atoms with Crippen molar-refractivity contribution in [3.8, 4) is 0 Å². The molecule has 0 amide bonds. The topological polar surface area (TPSA) is 38.1 Å². The molecule has 102 valence electrons. The molecule has 0 radical (unpaired) electrons. The van der Waals surface area contributed by atoms with Crippen molar-refractivity contribution in [1.29, 1.82) is 0 Å². The lowest BCUT2D eigenvalue weighted by Gasteiger charge is -2.03. The Hall–Kier alpha value is -1.33. The van der Waals surface area contributed by atoms with Gasteiger partial charge in [0.2, 0.25) is 0 Å². The van der Waals surface area contributed by atoms with Gasteiger partial charge in [-0.1, -0.05) is 0 Å². The van der Waals surface area contributed by atoms with E-state index in [-0.39, 0.29) is 0 Å². The Balaban J connectivity index is 1.54. The van der Waals surface area contributed by atoms with Crippen LogP contribution in [0.25, 0.3) is 11.1 Å². The summed E-state index contributed by atoms with van der Waals surface area (Å²) in [4.78, 5) is 5.88. The molecule has 0 saturated heterocycles. The standard InChI is InChI=1S/C15H13BrN2OS/c16-14-6-4-11(20-14)8-17-10-3-5-13-12(7-10)18-15(19-13)9-1-2-9/h3-7,9,17H,1-2,8H2. The second-order valence-electron chi connectivity index (χ2n) is 5.07. The normalized spacial score (nSPS) is 14.8. The summed E-state index contributed by atoms with van der Waals surface area (Å²) in [6, 6.07) is 10.3. The maximum Gasteiger partial charge on any atom is 0.198 e. The summed E-state index contributed by atoms with van der Waals surface area (Å²) in [6.45, 7) is 0.828. The fraction of sp³-hybridized carbons (Fsp3) is 0.267. The van der Waals surface area contributed by atoms with Crippen LogP contribution in [0, 0.1) is 0 Å². The molecular formula is C15H13BrN2OS. The van der Waals surface area contributed by atoms with Gasteiger partial charge in [0.1, 0.15) is 5.52 Å². The van der Waals surface area contributed by atoms with E-state index in [1.807, 2.05) is 12.1 Å². The Labute approximate surface area is 129 Å². The van der Waals surface area contributed by atoms with E-state index in [0.717, 1.165) is 33.0 Å². The van der Waals surface area contributed by atoms with Crippen LogP contribution in [0.5, 0.6) is 0 Å². The molecular weight excluding hydrogens is 336 g/mol. The van der Waals surface area contributed by atoms with Crippen LogP contribution in [-0.4, -0.2) is 4.98 Å². The van der Waals surface area contributed by atoms with Gasteiger partial charge in [0.05, 0.1) is 3.79 Å². The van der Waals surface area contributed by atoms with Crippen molar-refractivity contribution in [1.82, 2.24) is 4.98 Å². The second kappa shape index (κ2) is 4.90. The van der Waals surface area contributed by atoms with Crippen LogP contribution in [0.4, 0.5) is 5.69 Å². The van der Waals surface area contributed by atoms with Gasteiger partial charge in [-0.2, -0.15) is 0 Å². The molecule has 0 atom stereocenters. The number of nitrogens with one attached hydrogen (secondary N) is 1. The summed E-state index contributed by atoms with van der Waals surface area (Å²) < 4.78 is 6.93. The van der Waals surface area contributed by atoms with Crippen LogP contribution in [-0.2, 0) is 6.54 Å². The van der Waals surface area contributed by atoms with Gasteiger partial charge in [-0.25, -0.2) is 4.98 Å². The minimum Gasteiger partial charge on any atom is -0.440 e. The van der Waals surface area contributed by atoms with Crippen molar-refractivity contribution < 1.29 is 4.42 Å². The van der Waals surface area contributed by atoms with E-state index in [4.69, 9.17) is 4.42 Å². The first-order chi connectivity index (χ1) is 9.78. The molecule has 0 aliphatic heterocycles.